The number of hydrogen-bond acceptors (Lipinski definition) is 2. The monoisotopic (exact) mass is 164 g/mol. The highest BCUT2D eigenvalue weighted by Gasteiger charge is 1.99. The van der Waals surface area contributed by atoms with Gasteiger partial charge in [-0.05, 0) is 11.6 Å². The van der Waals surface area contributed by atoms with Crippen LogP contribution in [-0.4, -0.2) is 22.9 Å². The molecule has 0 unspecified atom stereocenters. The van der Waals surface area contributed by atoms with Gasteiger partial charge >= 0.3 is 0 Å². The third-order valence-electron chi connectivity index (χ3n) is 1.55. The Balaban J connectivity index is 2.58. The van der Waals surface area contributed by atoms with Gasteiger partial charge in [-0.2, -0.15) is 0 Å². The van der Waals surface area contributed by atoms with Crippen LogP contribution in [0, 0.1) is 5.41 Å². The minimum atomic E-state index is 0.0684. The van der Waals surface area contributed by atoms with Crippen molar-refractivity contribution in [3.05, 3.63) is 30.1 Å². The first-order chi connectivity index (χ1) is 5.70. The number of nitrogens with two attached hydrogens (primary N) is 1. The number of pyridine rings is 1. The van der Waals surface area contributed by atoms with Crippen LogP contribution < -0.4 is 5.73 Å². The number of nitrogens with one attached hydrogen (secondary N) is 1. The smallest absolute Gasteiger partial charge is 0.188 e. The number of guanidine groups is 1. The summed E-state index contributed by atoms with van der Waals surface area (Å²) in [7, 11) is 1.77. The summed E-state index contributed by atoms with van der Waals surface area (Å²) in [5.41, 5.74) is 6.32. The SMILES string of the molecule is CN(Cc1cccnc1)C(=N)N. The summed E-state index contributed by atoms with van der Waals surface area (Å²) >= 11 is 0. The summed E-state index contributed by atoms with van der Waals surface area (Å²) in [4.78, 5) is 5.61. The fraction of sp³-hybridized carbons (Fsp3) is 0.250. The van der Waals surface area contributed by atoms with Gasteiger partial charge in [0, 0.05) is 26.0 Å². The number of rotatable bonds is 2. The van der Waals surface area contributed by atoms with Crippen LogP contribution in [0.25, 0.3) is 0 Å². The molecule has 0 bridgehead atoms. The molecule has 12 heavy (non-hydrogen) atoms. The maximum Gasteiger partial charge on any atom is 0.188 e. The first-order valence-corrected chi connectivity index (χ1v) is 3.64. The van der Waals surface area contributed by atoms with E-state index in [4.69, 9.17) is 11.1 Å². The lowest BCUT2D eigenvalue weighted by Crippen LogP contribution is -2.32. The average Bonchev–Trinajstić information content (AvgIpc) is 2.06. The molecular formula is C8H12N4. The minimum absolute atomic E-state index is 0.0684. The predicted octanol–water partition coefficient (Wildman–Crippen LogP) is 0.407. The van der Waals surface area contributed by atoms with Gasteiger partial charge in [-0.25, -0.2) is 0 Å². The molecule has 3 N–H and O–H groups in total. The summed E-state index contributed by atoms with van der Waals surface area (Å²) in [5.74, 6) is 0.0684. The molecule has 0 spiro atoms. The third-order valence-corrected chi connectivity index (χ3v) is 1.55. The first-order valence-electron chi connectivity index (χ1n) is 3.64. The van der Waals surface area contributed by atoms with E-state index in [0.717, 1.165) is 5.56 Å². The quantitative estimate of drug-likeness (QED) is 0.491. The van der Waals surface area contributed by atoms with Crippen molar-refractivity contribution >= 4 is 5.96 Å². The van der Waals surface area contributed by atoms with E-state index in [1.807, 2.05) is 12.1 Å². The lowest BCUT2D eigenvalue weighted by atomic mass is 10.3. The molecule has 0 radical (unpaired) electrons. The topological polar surface area (TPSA) is 66.0 Å². The Morgan fingerprint density at radius 3 is 3.00 bits per heavy atom. The second-order valence-electron chi connectivity index (χ2n) is 2.60. The number of hydrogen-bond donors (Lipinski definition) is 2. The Kier molecular flexibility index (Phi) is 2.63. The van der Waals surface area contributed by atoms with Crippen molar-refractivity contribution < 1.29 is 0 Å². The van der Waals surface area contributed by atoms with E-state index in [1.54, 1.807) is 24.3 Å². The third kappa shape index (κ3) is 2.23. The van der Waals surface area contributed by atoms with E-state index < -0.39 is 0 Å². The van der Waals surface area contributed by atoms with Crippen LogP contribution in [0.2, 0.25) is 0 Å². The molecule has 0 aliphatic heterocycles. The second kappa shape index (κ2) is 3.71. The Bertz CT molecular complexity index is 257. The molecular weight excluding hydrogens is 152 g/mol. The molecule has 1 heterocycles. The summed E-state index contributed by atoms with van der Waals surface area (Å²) in [5, 5.41) is 7.13. The molecule has 0 aromatic carbocycles. The lowest BCUT2D eigenvalue weighted by Gasteiger charge is -2.15. The standard InChI is InChI=1S/C8H12N4/c1-12(8(9)10)6-7-3-2-4-11-5-7/h2-5H,6H2,1H3,(H3,9,10). The van der Waals surface area contributed by atoms with Gasteiger partial charge in [0.15, 0.2) is 5.96 Å². The number of nitrogens with zero attached hydrogens (tertiary/aromatic N) is 2. The lowest BCUT2D eigenvalue weighted by molar-refractivity contribution is 0.490. The molecule has 0 fully saturated rings. The van der Waals surface area contributed by atoms with Gasteiger partial charge in [-0.3, -0.25) is 10.4 Å². The van der Waals surface area contributed by atoms with Gasteiger partial charge in [0.25, 0.3) is 0 Å². The van der Waals surface area contributed by atoms with Gasteiger partial charge in [0.1, 0.15) is 0 Å². The Morgan fingerprint density at radius 2 is 2.50 bits per heavy atom. The van der Waals surface area contributed by atoms with Crippen LogP contribution in [0.15, 0.2) is 24.5 Å². The van der Waals surface area contributed by atoms with Gasteiger partial charge in [0.2, 0.25) is 0 Å². The van der Waals surface area contributed by atoms with Crippen molar-refractivity contribution in [2.75, 3.05) is 7.05 Å². The molecule has 0 amide bonds. The van der Waals surface area contributed by atoms with Crippen molar-refractivity contribution in [3.8, 4) is 0 Å². The average molecular weight is 164 g/mol. The Labute approximate surface area is 71.5 Å². The van der Waals surface area contributed by atoms with Crippen LogP contribution in [0.1, 0.15) is 5.56 Å². The molecule has 1 rings (SSSR count). The van der Waals surface area contributed by atoms with Gasteiger partial charge < -0.3 is 10.6 Å². The van der Waals surface area contributed by atoms with Crippen LogP contribution in [0.3, 0.4) is 0 Å². The molecule has 0 atom stereocenters. The summed E-state index contributed by atoms with van der Waals surface area (Å²) < 4.78 is 0. The predicted molar refractivity (Wildman–Crippen MR) is 47.6 cm³/mol. The highest BCUT2D eigenvalue weighted by Crippen LogP contribution is 1.98. The van der Waals surface area contributed by atoms with Crippen molar-refractivity contribution in [2.45, 2.75) is 6.54 Å². The molecule has 0 saturated heterocycles. The minimum Gasteiger partial charge on any atom is -0.370 e. The zero-order valence-electron chi connectivity index (χ0n) is 6.99. The molecule has 64 valence electrons. The van der Waals surface area contributed by atoms with E-state index in [9.17, 15) is 0 Å². The van der Waals surface area contributed by atoms with Crippen LogP contribution in [0.5, 0.6) is 0 Å². The van der Waals surface area contributed by atoms with E-state index in [-0.39, 0.29) is 5.96 Å². The second-order valence-corrected chi connectivity index (χ2v) is 2.60. The first kappa shape index (κ1) is 8.52. The summed E-state index contributed by atoms with van der Waals surface area (Å²) in [6, 6.07) is 3.82. The van der Waals surface area contributed by atoms with Crippen LogP contribution in [0.4, 0.5) is 0 Å². The summed E-state index contributed by atoms with van der Waals surface area (Å²) in [6.45, 7) is 0.628. The number of aromatic nitrogens is 1. The van der Waals surface area contributed by atoms with E-state index in [2.05, 4.69) is 4.98 Å². The van der Waals surface area contributed by atoms with E-state index in [0.29, 0.717) is 6.54 Å². The fourth-order valence-corrected chi connectivity index (χ4v) is 0.851. The fourth-order valence-electron chi connectivity index (χ4n) is 0.851. The van der Waals surface area contributed by atoms with Gasteiger partial charge in [0.05, 0.1) is 0 Å². The maximum atomic E-state index is 7.13. The Morgan fingerprint density at radius 1 is 1.75 bits per heavy atom. The van der Waals surface area contributed by atoms with Crippen molar-refractivity contribution in [1.82, 2.24) is 9.88 Å². The molecule has 0 saturated carbocycles. The van der Waals surface area contributed by atoms with Gasteiger partial charge in [-0.15, -0.1) is 0 Å². The highest BCUT2D eigenvalue weighted by atomic mass is 15.2. The zero-order valence-corrected chi connectivity index (χ0v) is 6.99. The van der Waals surface area contributed by atoms with Crippen molar-refractivity contribution in [3.63, 3.8) is 0 Å². The molecule has 0 aliphatic carbocycles. The maximum absolute atomic E-state index is 7.13. The van der Waals surface area contributed by atoms with E-state index >= 15 is 0 Å². The molecule has 1 aromatic heterocycles. The molecule has 4 heteroatoms. The highest BCUT2D eigenvalue weighted by molar-refractivity contribution is 5.74. The molecule has 4 nitrogen and oxygen atoms in total. The van der Waals surface area contributed by atoms with Crippen molar-refractivity contribution in [2.24, 2.45) is 5.73 Å². The molecule has 0 aliphatic rings. The van der Waals surface area contributed by atoms with E-state index in [1.165, 1.54) is 0 Å². The van der Waals surface area contributed by atoms with Crippen molar-refractivity contribution in [1.29, 1.82) is 5.41 Å². The normalized spacial score (nSPS) is 9.42. The Hall–Kier alpha value is -1.58. The van der Waals surface area contributed by atoms with Gasteiger partial charge in [-0.1, -0.05) is 6.07 Å². The van der Waals surface area contributed by atoms with Crippen LogP contribution in [-0.2, 0) is 6.54 Å². The largest absolute Gasteiger partial charge is 0.370 e. The molecule has 1 aromatic rings. The summed E-state index contributed by atoms with van der Waals surface area (Å²) in [6.07, 6.45) is 3.48. The zero-order chi connectivity index (χ0) is 8.97. The van der Waals surface area contributed by atoms with Crippen LogP contribution >= 0.6 is 0 Å².